The zero-order valence-electron chi connectivity index (χ0n) is 13.4. The fraction of sp³-hybridized carbons (Fsp3) is 0.500. The number of urea groups is 1. The molecule has 0 unspecified atom stereocenters. The second-order valence-corrected chi connectivity index (χ2v) is 5.71. The van der Waals surface area contributed by atoms with Gasteiger partial charge in [-0.3, -0.25) is 14.6 Å². The van der Waals surface area contributed by atoms with Crippen LogP contribution in [0.3, 0.4) is 0 Å². The van der Waals surface area contributed by atoms with Gasteiger partial charge in [0.05, 0.1) is 20.8 Å². The summed E-state index contributed by atoms with van der Waals surface area (Å²) in [5.41, 5.74) is 2.35. The van der Waals surface area contributed by atoms with Crippen LogP contribution in [0.5, 0.6) is 11.5 Å². The van der Waals surface area contributed by atoms with Gasteiger partial charge in [0.25, 0.3) is 0 Å². The zero-order chi connectivity index (χ0) is 16.4. The molecule has 0 atom stereocenters. The number of methoxy groups -OCH3 is 2. The number of ether oxygens (including phenoxy) is 2. The molecule has 1 saturated heterocycles. The first-order valence-corrected chi connectivity index (χ1v) is 7.66. The monoisotopic (exact) mass is 319 g/mol. The number of carbonyl (C=O) groups is 2. The predicted octanol–water partition coefficient (Wildman–Crippen LogP) is 0.614. The summed E-state index contributed by atoms with van der Waals surface area (Å²) in [6.45, 7) is 2.68. The van der Waals surface area contributed by atoms with E-state index in [0.717, 1.165) is 24.3 Å². The standard InChI is InChI=1S/C16H21N3O4/c1-22-13-7-11-3-5-18(9-12(11)8-14(13)23-2)10-15(20)19-6-4-17-16(19)21/h7-8H,3-6,9-10H2,1-2H3,(H,17,21). The third-order valence-corrected chi connectivity index (χ3v) is 4.31. The molecule has 3 amide bonds. The summed E-state index contributed by atoms with van der Waals surface area (Å²) in [5.74, 6) is 1.27. The lowest BCUT2D eigenvalue weighted by Crippen LogP contribution is -2.43. The number of amides is 3. The number of benzene rings is 1. The highest BCUT2D eigenvalue weighted by atomic mass is 16.5. The Kier molecular flexibility index (Phi) is 4.38. The van der Waals surface area contributed by atoms with Crippen molar-refractivity contribution in [3.05, 3.63) is 23.3 Å². The van der Waals surface area contributed by atoms with E-state index in [2.05, 4.69) is 10.2 Å². The molecule has 2 heterocycles. The lowest BCUT2D eigenvalue weighted by atomic mass is 9.99. The number of fused-ring (bicyclic) bond motifs is 1. The van der Waals surface area contributed by atoms with Crippen molar-refractivity contribution >= 4 is 11.9 Å². The van der Waals surface area contributed by atoms with Crippen LogP contribution >= 0.6 is 0 Å². The van der Waals surface area contributed by atoms with E-state index in [1.807, 2.05) is 12.1 Å². The van der Waals surface area contributed by atoms with Crippen LogP contribution < -0.4 is 14.8 Å². The van der Waals surface area contributed by atoms with E-state index < -0.39 is 0 Å². The van der Waals surface area contributed by atoms with Crippen molar-refractivity contribution in [1.29, 1.82) is 0 Å². The number of hydrogen-bond donors (Lipinski definition) is 1. The molecule has 1 aromatic rings. The van der Waals surface area contributed by atoms with E-state index in [1.165, 1.54) is 10.5 Å². The molecule has 0 saturated carbocycles. The molecule has 1 fully saturated rings. The summed E-state index contributed by atoms with van der Waals surface area (Å²) in [6.07, 6.45) is 0.842. The van der Waals surface area contributed by atoms with Gasteiger partial charge in [-0.1, -0.05) is 0 Å². The van der Waals surface area contributed by atoms with Crippen LogP contribution in [0.4, 0.5) is 4.79 Å². The fourth-order valence-electron chi connectivity index (χ4n) is 3.06. The summed E-state index contributed by atoms with van der Waals surface area (Å²) < 4.78 is 10.7. The quantitative estimate of drug-likeness (QED) is 0.881. The first kappa shape index (κ1) is 15.6. The van der Waals surface area contributed by atoms with Crippen LogP contribution in [-0.4, -0.2) is 62.1 Å². The minimum absolute atomic E-state index is 0.149. The van der Waals surface area contributed by atoms with Crippen molar-refractivity contribution in [2.75, 3.05) is 40.4 Å². The maximum atomic E-state index is 12.2. The molecular formula is C16H21N3O4. The first-order valence-electron chi connectivity index (χ1n) is 7.66. The third kappa shape index (κ3) is 3.10. The average Bonchev–Trinajstić information content (AvgIpc) is 2.99. The summed E-state index contributed by atoms with van der Waals surface area (Å²) >= 11 is 0. The number of imide groups is 1. The van der Waals surface area contributed by atoms with Crippen LogP contribution in [0.2, 0.25) is 0 Å². The van der Waals surface area contributed by atoms with Gasteiger partial charge in [0.1, 0.15) is 0 Å². The van der Waals surface area contributed by atoms with Gasteiger partial charge in [-0.05, 0) is 29.7 Å². The second kappa shape index (κ2) is 6.45. The Bertz CT molecular complexity index is 632. The van der Waals surface area contributed by atoms with E-state index in [0.29, 0.717) is 25.4 Å². The molecule has 0 radical (unpaired) electrons. The van der Waals surface area contributed by atoms with Gasteiger partial charge in [0, 0.05) is 26.2 Å². The highest BCUT2D eigenvalue weighted by Gasteiger charge is 2.28. The van der Waals surface area contributed by atoms with Crippen molar-refractivity contribution in [3.8, 4) is 11.5 Å². The predicted molar refractivity (Wildman–Crippen MR) is 83.6 cm³/mol. The molecule has 1 N–H and O–H groups in total. The molecule has 0 aromatic heterocycles. The molecule has 7 heteroatoms. The van der Waals surface area contributed by atoms with E-state index in [-0.39, 0.29) is 18.5 Å². The van der Waals surface area contributed by atoms with E-state index in [9.17, 15) is 9.59 Å². The average molecular weight is 319 g/mol. The summed E-state index contributed by atoms with van der Waals surface area (Å²) in [7, 11) is 3.24. The summed E-state index contributed by atoms with van der Waals surface area (Å²) in [6, 6.07) is 3.67. The molecule has 2 aliphatic rings. The number of nitrogens with one attached hydrogen (secondary N) is 1. The summed E-state index contributed by atoms with van der Waals surface area (Å²) in [5, 5.41) is 2.65. The Morgan fingerprint density at radius 2 is 1.87 bits per heavy atom. The van der Waals surface area contributed by atoms with Crippen molar-refractivity contribution in [2.24, 2.45) is 0 Å². The Labute approximate surface area is 135 Å². The van der Waals surface area contributed by atoms with Gasteiger partial charge < -0.3 is 14.8 Å². The second-order valence-electron chi connectivity index (χ2n) is 5.71. The van der Waals surface area contributed by atoms with Crippen molar-refractivity contribution in [1.82, 2.24) is 15.1 Å². The normalized spacial score (nSPS) is 17.7. The zero-order valence-corrected chi connectivity index (χ0v) is 13.4. The lowest BCUT2D eigenvalue weighted by Gasteiger charge is -2.29. The van der Waals surface area contributed by atoms with Crippen LogP contribution in [-0.2, 0) is 17.8 Å². The fourth-order valence-corrected chi connectivity index (χ4v) is 3.06. The van der Waals surface area contributed by atoms with Crippen LogP contribution in [0.15, 0.2) is 12.1 Å². The third-order valence-electron chi connectivity index (χ3n) is 4.31. The van der Waals surface area contributed by atoms with Gasteiger partial charge in [-0.25, -0.2) is 4.79 Å². The molecule has 0 spiro atoms. The van der Waals surface area contributed by atoms with E-state index in [1.54, 1.807) is 14.2 Å². The largest absolute Gasteiger partial charge is 0.493 e. The molecule has 0 bridgehead atoms. The maximum Gasteiger partial charge on any atom is 0.324 e. The molecule has 7 nitrogen and oxygen atoms in total. The van der Waals surface area contributed by atoms with Gasteiger partial charge in [0.15, 0.2) is 11.5 Å². The van der Waals surface area contributed by atoms with Gasteiger partial charge >= 0.3 is 6.03 Å². The Morgan fingerprint density at radius 3 is 2.48 bits per heavy atom. The van der Waals surface area contributed by atoms with Gasteiger partial charge in [-0.2, -0.15) is 0 Å². The van der Waals surface area contributed by atoms with Crippen molar-refractivity contribution in [2.45, 2.75) is 13.0 Å². The van der Waals surface area contributed by atoms with Crippen LogP contribution in [0.1, 0.15) is 11.1 Å². The Morgan fingerprint density at radius 1 is 1.17 bits per heavy atom. The summed E-state index contributed by atoms with van der Waals surface area (Å²) in [4.78, 5) is 27.1. The highest BCUT2D eigenvalue weighted by Crippen LogP contribution is 2.33. The number of nitrogens with zero attached hydrogens (tertiary/aromatic N) is 2. The van der Waals surface area contributed by atoms with Crippen molar-refractivity contribution in [3.63, 3.8) is 0 Å². The lowest BCUT2D eigenvalue weighted by molar-refractivity contribution is -0.129. The molecule has 0 aliphatic carbocycles. The van der Waals surface area contributed by atoms with E-state index >= 15 is 0 Å². The SMILES string of the molecule is COc1cc2c(cc1OC)CN(CC(=O)N1CCNC1=O)CC2. The molecule has 124 valence electrons. The maximum absolute atomic E-state index is 12.2. The van der Waals surface area contributed by atoms with E-state index in [4.69, 9.17) is 9.47 Å². The molecule has 3 rings (SSSR count). The molecular weight excluding hydrogens is 298 g/mol. The van der Waals surface area contributed by atoms with Crippen molar-refractivity contribution < 1.29 is 19.1 Å². The highest BCUT2D eigenvalue weighted by molar-refractivity contribution is 5.96. The molecule has 2 aliphatic heterocycles. The van der Waals surface area contributed by atoms with Crippen LogP contribution in [0.25, 0.3) is 0 Å². The molecule has 1 aromatic carbocycles. The first-order chi connectivity index (χ1) is 11.1. The number of carbonyl (C=O) groups excluding carboxylic acids is 2. The molecule has 23 heavy (non-hydrogen) atoms. The minimum atomic E-state index is -0.293. The smallest absolute Gasteiger partial charge is 0.324 e. The number of hydrogen-bond acceptors (Lipinski definition) is 5. The Hall–Kier alpha value is -2.28. The van der Waals surface area contributed by atoms with Crippen LogP contribution in [0, 0.1) is 0 Å². The topological polar surface area (TPSA) is 71.1 Å². The Balaban J connectivity index is 1.70. The van der Waals surface area contributed by atoms with Gasteiger partial charge in [-0.15, -0.1) is 0 Å². The minimum Gasteiger partial charge on any atom is -0.493 e. The number of rotatable bonds is 4. The van der Waals surface area contributed by atoms with Gasteiger partial charge in [0.2, 0.25) is 5.91 Å².